The molecule has 0 radical (unpaired) electrons. The molecule has 0 aliphatic heterocycles. The third kappa shape index (κ3) is 4.81. The molecule has 124 valence electrons. The number of carbonyl (C=O) groups excluding carboxylic acids is 1. The Morgan fingerprint density at radius 1 is 1.18 bits per heavy atom. The highest BCUT2D eigenvalue weighted by molar-refractivity contribution is 7.91. The zero-order valence-electron chi connectivity index (χ0n) is 14.0. The van der Waals surface area contributed by atoms with Crippen molar-refractivity contribution >= 4 is 15.7 Å². The minimum Gasteiger partial charge on any atom is -0.350 e. The van der Waals surface area contributed by atoms with E-state index in [1.807, 2.05) is 14.1 Å². The maximum Gasteiger partial charge on any atom is 0.251 e. The second kappa shape index (κ2) is 7.74. The first-order valence-electron chi connectivity index (χ1n) is 7.46. The van der Waals surface area contributed by atoms with Gasteiger partial charge in [0.05, 0.1) is 10.6 Å². The molecule has 1 aromatic carbocycles. The predicted octanol–water partition coefficient (Wildman–Crippen LogP) is 1.80. The molecule has 0 heterocycles. The second-order valence-electron chi connectivity index (χ2n) is 5.91. The lowest BCUT2D eigenvalue weighted by Gasteiger charge is -2.28. The molecular formula is C16H26N2O3S. The van der Waals surface area contributed by atoms with Gasteiger partial charge in [0.2, 0.25) is 0 Å². The van der Waals surface area contributed by atoms with Crippen molar-refractivity contribution in [2.45, 2.75) is 31.7 Å². The zero-order valence-corrected chi connectivity index (χ0v) is 14.8. The van der Waals surface area contributed by atoms with Gasteiger partial charge in [0.1, 0.15) is 0 Å². The average Bonchev–Trinajstić information content (AvgIpc) is 2.46. The van der Waals surface area contributed by atoms with Crippen molar-refractivity contribution in [3.63, 3.8) is 0 Å². The third-order valence-corrected chi connectivity index (χ3v) is 5.51. The third-order valence-electron chi connectivity index (χ3n) is 3.76. The lowest BCUT2D eigenvalue weighted by molar-refractivity contribution is 0.0934. The highest BCUT2D eigenvalue weighted by Crippen LogP contribution is 2.12. The number of likely N-dealkylation sites (N-methyl/N-ethyl adjacent to an activating group) is 1. The largest absolute Gasteiger partial charge is 0.350 e. The number of benzene rings is 1. The smallest absolute Gasteiger partial charge is 0.251 e. The minimum absolute atomic E-state index is 0.0530. The molecule has 0 aromatic heterocycles. The van der Waals surface area contributed by atoms with Gasteiger partial charge in [-0.1, -0.05) is 20.8 Å². The van der Waals surface area contributed by atoms with Crippen molar-refractivity contribution in [2.75, 3.05) is 26.4 Å². The van der Waals surface area contributed by atoms with Crippen molar-refractivity contribution in [2.24, 2.45) is 5.92 Å². The molecule has 0 spiro atoms. The van der Waals surface area contributed by atoms with E-state index in [0.29, 0.717) is 18.0 Å². The zero-order chi connectivity index (χ0) is 16.9. The van der Waals surface area contributed by atoms with Gasteiger partial charge in [0.15, 0.2) is 9.84 Å². The molecule has 0 fully saturated rings. The number of nitrogens with zero attached hydrogens (tertiary/aromatic N) is 1. The van der Waals surface area contributed by atoms with Crippen LogP contribution in [0.5, 0.6) is 0 Å². The Hall–Kier alpha value is -1.40. The average molecular weight is 326 g/mol. The lowest BCUT2D eigenvalue weighted by Crippen LogP contribution is -2.43. The molecule has 0 unspecified atom stereocenters. The molecule has 1 aromatic rings. The molecular weight excluding hydrogens is 300 g/mol. The van der Waals surface area contributed by atoms with Crippen LogP contribution >= 0.6 is 0 Å². The molecule has 0 saturated carbocycles. The van der Waals surface area contributed by atoms with Crippen LogP contribution in [0.3, 0.4) is 0 Å². The quantitative estimate of drug-likeness (QED) is 0.830. The van der Waals surface area contributed by atoms with Gasteiger partial charge >= 0.3 is 0 Å². The van der Waals surface area contributed by atoms with Gasteiger partial charge < -0.3 is 10.2 Å². The first kappa shape index (κ1) is 18.6. The molecule has 1 atom stereocenters. The maximum absolute atomic E-state index is 12.1. The van der Waals surface area contributed by atoms with Gasteiger partial charge in [-0.3, -0.25) is 4.79 Å². The van der Waals surface area contributed by atoms with E-state index in [0.717, 1.165) is 0 Å². The van der Waals surface area contributed by atoms with Crippen LogP contribution < -0.4 is 5.32 Å². The van der Waals surface area contributed by atoms with Crippen LogP contribution in [-0.4, -0.2) is 51.7 Å². The first-order valence-corrected chi connectivity index (χ1v) is 9.11. The Morgan fingerprint density at radius 2 is 1.73 bits per heavy atom. The molecule has 22 heavy (non-hydrogen) atoms. The maximum atomic E-state index is 12.1. The summed E-state index contributed by atoms with van der Waals surface area (Å²) in [6.07, 6.45) is 0. The molecule has 1 amide bonds. The Balaban J connectivity index is 2.75. The fourth-order valence-electron chi connectivity index (χ4n) is 2.29. The van der Waals surface area contributed by atoms with Gasteiger partial charge in [-0.25, -0.2) is 8.42 Å². The van der Waals surface area contributed by atoms with E-state index >= 15 is 0 Å². The predicted molar refractivity (Wildman–Crippen MR) is 88.8 cm³/mol. The minimum atomic E-state index is -3.23. The van der Waals surface area contributed by atoms with Crippen LogP contribution in [-0.2, 0) is 9.84 Å². The Kier molecular flexibility index (Phi) is 6.56. The van der Waals surface area contributed by atoms with Crippen LogP contribution in [0.4, 0.5) is 0 Å². The number of hydrogen-bond acceptors (Lipinski definition) is 4. The van der Waals surface area contributed by atoms with Crippen LogP contribution in [0, 0.1) is 5.92 Å². The fourth-order valence-corrected chi connectivity index (χ4v) is 3.18. The number of hydrogen-bond donors (Lipinski definition) is 1. The van der Waals surface area contributed by atoms with E-state index in [1.165, 1.54) is 12.1 Å². The van der Waals surface area contributed by atoms with Crippen molar-refractivity contribution in [1.29, 1.82) is 0 Å². The van der Waals surface area contributed by atoms with E-state index < -0.39 is 9.84 Å². The summed E-state index contributed by atoms with van der Waals surface area (Å²) in [5, 5.41) is 2.90. The number of amides is 1. The lowest BCUT2D eigenvalue weighted by atomic mass is 10.0. The standard InChI is InChI=1S/C16H26N2O3S/c1-6-22(20,21)14-9-7-13(8-10-14)16(19)17-11-15(12(2)3)18(4)5/h7-10,12,15H,6,11H2,1-5H3,(H,17,19)/t15-/m0/s1. The molecule has 0 saturated heterocycles. The van der Waals surface area contributed by atoms with Crippen LogP contribution in [0.1, 0.15) is 31.1 Å². The summed E-state index contributed by atoms with van der Waals surface area (Å²) < 4.78 is 23.5. The van der Waals surface area contributed by atoms with Crippen LogP contribution in [0.15, 0.2) is 29.2 Å². The van der Waals surface area contributed by atoms with E-state index in [1.54, 1.807) is 19.1 Å². The summed E-state index contributed by atoms with van der Waals surface area (Å²) >= 11 is 0. The summed E-state index contributed by atoms with van der Waals surface area (Å²) in [4.78, 5) is 14.5. The number of sulfone groups is 1. The van der Waals surface area contributed by atoms with Gasteiger partial charge in [0, 0.05) is 18.2 Å². The Bertz CT molecular complexity index is 584. The van der Waals surface area contributed by atoms with Crippen molar-refractivity contribution in [3.8, 4) is 0 Å². The van der Waals surface area contributed by atoms with Crippen molar-refractivity contribution < 1.29 is 13.2 Å². The summed E-state index contributed by atoms with van der Waals surface area (Å²) in [6.45, 7) is 6.38. The molecule has 1 rings (SSSR count). The monoisotopic (exact) mass is 326 g/mol. The van der Waals surface area contributed by atoms with E-state index in [4.69, 9.17) is 0 Å². The highest BCUT2D eigenvalue weighted by atomic mass is 32.2. The van der Waals surface area contributed by atoms with Gasteiger partial charge in [-0.05, 0) is 44.3 Å². The molecule has 6 heteroatoms. The summed E-state index contributed by atoms with van der Waals surface area (Å²) in [6, 6.07) is 6.33. The Labute approximate surface area is 133 Å². The fraction of sp³-hybridized carbons (Fsp3) is 0.562. The topological polar surface area (TPSA) is 66.5 Å². The summed E-state index contributed by atoms with van der Waals surface area (Å²) in [5.74, 6) is 0.289. The SMILES string of the molecule is CCS(=O)(=O)c1ccc(C(=O)NC[C@@H](C(C)C)N(C)C)cc1. The van der Waals surface area contributed by atoms with E-state index in [-0.39, 0.29) is 22.6 Å². The van der Waals surface area contributed by atoms with Crippen molar-refractivity contribution in [1.82, 2.24) is 10.2 Å². The second-order valence-corrected chi connectivity index (χ2v) is 8.19. The van der Waals surface area contributed by atoms with E-state index in [9.17, 15) is 13.2 Å². The van der Waals surface area contributed by atoms with Crippen LogP contribution in [0.25, 0.3) is 0 Å². The first-order chi connectivity index (χ1) is 10.2. The highest BCUT2D eigenvalue weighted by Gasteiger charge is 2.17. The molecule has 0 aliphatic rings. The van der Waals surface area contributed by atoms with Gasteiger partial charge in [-0.15, -0.1) is 0 Å². The number of nitrogens with one attached hydrogen (secondary N) is 1. The van der Waals surface area contributed by atoms with Gasteiger partial charge in [0.25, 0.3) is 5.91 Å². The molecule has 0 aliphatic carbocycles. The van der Waals surface area contributed by atoms with E-state index in [2.05, 4.69) is 24.1 Å². The molecule has 5 nitrogen and oxygen atoms in total. The number of rotatable bonds is 7. The molecule has 1 N–H and O–H groups in total. The summed E-state index contributed by atoms with van der Waals surface area (Å²) in [7, 11) is 0.747. The normalized spacial score (nSPS) is 13.4. The molecule has 0 bridgehead atoms. The van der Waals surface area contributed by atoms with Gasteiger partial charge in [-0.2, -0.15) is 0 Å². The van der Waals surface area contributed by atoms with Crippen molar-refractivity contribution in [3.05, 3.63) is 29.8 Å². The van der Waals surface area contributed by atoms with Crippen LogP contribution in [0.2, 0.25) is 0 Å². The summed E-state index contributed by atoms with van der Waals surface area (Å²) in [5.41, 5.74) is 0.469. The number of carbonyl (C=O) groups is 1. The Morgan fingerprint density at radius 3 is 2.14 bits per heavy atom.